The normalized spacial score (nSPS) is 16.6. The quantitative estimate of drug-likeness (QED) is 0.894. The summed E-state index contributed by atoms with van der Waals surface area (Å²) >= 11 is 5.81. The van der Waals surface area contributed by atoms with Gasteiger partial charge < -0.3 is 10.6 Å². The van der Waals surface area contributed by atoms with E-state index in [4.69, 9.17) is 11.6 Å². The van der Waals surface area contributed by atoms with E-state index in [2.05, 4.69) is 10.6 Å². The van der Waals surface area contributed by atoms with Crippen LogP contribution >= 0.6 is 11.6 Å². The van der Waals surface area contributed by atoms with Crippen LogP contribution in [0.25, 0.3) is 0 Å². The van der Waals surface area contributed by atoms with Gasteiger partial charge in [0, 0.05) is 6.04 Å². The monoisotopic (exact) mass is 306 g/mol. The van der Waals surface area contributed by atoms with Crippen molar-refractivity contribution in [2.75, 3.05) is 5.32 Å². The van der Waals surface area contributed by atoms with Crippen molar-refractivity contribution in [3.8, 4) is 0 Å². The van der Waals surface area contributed by atoms with Gasteiger partial charge in [0.1, 0.15) is 6.04 Å². The average molecular weight is 307 g/mol. The number of anilines is 1. The number of hydrogen-bond acceptors (Lipinski definition) is 2. The van der Waals surface area contributed by atoms with E-state index in [-0.39, 0.29) is 17.0 Å². The van der Waals surface area contributed by atoms with Gasteiger partial charge in [0.05, 0.1) is 16.3 Å². The van der Waals surface area contributed by atoms with Crippen LogP contribution in [0.1, 0.15) is 25.3 Å². The van der Waals surface area contributed by atoms with E-state index in [1.54, 1.807) is 6.92 Å². The lowest BCUT2D eigenvalue weighted by Gasteiger charge is -2.17. The van der Waals surface area contributed by atoms with E-state index in [0.29, 0.717) is 5.69 Å². The predicted molar refractivity (Wildman–Crippen MR) is 70.7 cm³/mol. The summed E-state index contributed by atoms with van der Waals surface area (Å²) in [4.78, 5) is 11.7. The molecule has 1 saturated carbocycles. The second-order valence-electron chi connectivity index (χ2n) is 4.84. The van der Waals surface area contributed by atoms with Crippen LogP contribution in [-0.2, 0) is 11.0 Å². The molecule has 2 rings (SSSR count). The standard InChI is InChI=1S/C13H14ClF3N2O/c1-7(12(20)19-9-3-4-9)18-11-5-2-8(6-10(11)14)13(15,16)17/h2,5-7,9,18H,3-4H2,1H3,(H,19,20). The highest BCUT2D eigenvalue weighted by Gasteiger charge is 2.31. The highest BCUT2D eigenvalue weighted by atomic mass is 35.5. The maximum Gasteiger partial charge on any atom is 0.416 e. The number of carbonyl (C=O) groups is 1. The van der Waals surface area contributed by atoms with Crippen molar-refractivity contribution >= 4 is 23.2 Å². The van der Waals surface area contributed by atoms with Crippen molar-refractivity contribution in [2.24, 2.45) is 0 Å². The van der Waals surface area contributed by atoms with Gasteiger partial charge in [-0.25, -0.2) is 0 Å². The summed E-state index contributed by atoms with van der Waals surface area (Å²) < 4.78 is 37.5. The first kappa shape index (κ1) is 15.0. The molecule has 3 nitrogen and oxygen atoms in total. The molecule has 1 atom stereocenters. The number of nitrogens with one attached hydrogen (secondary N) is 2. The topological polar surface area (TPSA) is 41.1 Å². The summed E-state index contributed by atoms with van der Waals surface area (Å²) in [5.41, 5.74) is -0.513. The van der Waals surface area contributed by atoms with Gasteiger partial charge in [-0.3, -0.25) is 4.79 Å². The SMILES string of the molecule is CC(Nc1ccc(C(F)(F)F)cc1Cl)C(=O)NC1CC1. The first-order chi connectivity index (χ1) is 9.27. The molecule has 0 saturated heterocycles. The molecule has 1 amide bonds. The van der Waals surface area contributed by atoms with Crippen LogP contribution in [0.4, 0.5) is 18.9 Å². The Morgan fingerprint density at radius 2 is 2.05 bits per heavy atom. The highest BCUT2D eigenvalue weighted by molar-refractivity contribution is 6.33. The fourth-order valence-electron chi connectivity index (χ4n) is 1.66. The van der Waals surface area contributed by atoms with Crippen molar-refractivity contribution in [1.82, 2.24) is 5.32 Å². The van der Waals surface area contributed by atoms with Gasteiger partial charge >= 0.3 is 6.18 Å². The third kappa shape index (κ3) is 3.79. The summed E-state index contributed by atoms with van der Waals surface area (Å²) in [6, 6.07) is 2.67. The van der Waals surface area contributed by atoms with Crippen LogP contribution in [0, 0.1) is 0 Å². The number of amides is 1. The number of alkyl halides is 3. The minimum atomic E-state index is -4.43. The van der Waals surface area contributed by atoms with Crippen molar-refractivity contribution in [3.05, 3.63) is 28.8 Å². The number of rotatable bonds is 4. The van der Waals surface area contributed by atoms with Gasteiger partial charge in [0.2, 0.25) is 5.91 Å². The first-order valence-electron chi connectivity index (χ1n) is 6.21. The zero-order valence-corrected chi connectivity index (χ0v) is 11.5. The second kappa shape index (κ2) is 5.52. The molecule has 0 aromatic heterocycles. The first-order valence-corrected chi connectivity index (χ1v) is 6.59. The van der Waals surface area contributed by atoms with E-state index >= 15 is 0 Å². The lowest BCUT2D eigenvalue weighted by atomic mass is 10.2. The molecule has 110 valence electrons. The molecule has 0 radical (unpaired) electrons. The molecule has 0 heterocycles. The Hall–Kier alpha value is -1.43. The average Bonchev–Trinajstić information content (AvgIpc) is 3.14. The summed E-state index contributed by atoms with van der Waals surface area (Å²) in [5.74, 6) is -0.191. The molecule has 1 aliphatic carbocycles. The minimum absolute atomic E-state index is 0.0640. The molecule has 1 aromatic rings. The van der Waals surface area contributed by atoms with Crippen molar-refractivity contribution in [1.29, 1.82) is 0 Å². The van der Waals surface area contributed by atoms with Crippen molar-refractivity contribution in [3.63, 3.8) is 0 Å². The second-order valence-corrected chi connectivity index (χ2v) is 5.25. The van der Waals surface area contributed by atoms with E-state index in [1.807, 2.05) is 0 Å². The Balaban J connectivity index is 2.03. The van der Waals surface area contributed by atoms with Crippen LogP contribution in [0.3, 0.4) is 0 Å². The van der Waals surface area contributed by atoms with Gasteiger partial charge in [0.15, 0.2) is 0 Å². The lowest BCUT2D eigenvalue weighted by Crippen LogP contribution is -2.38. The number of hydrogen-bond donors (Lipinski definition) is 2. The Kier molecular flexibility index (Phi) is 4.13. The highest BCUT2D eigenvalue weighted by Crippen LogP contribution is 2.33. The van der Waals surface area contributed by atoms with Crippen LogP contribution in [0.5, 0.6) is 0 Å². The Bertz CT molecular complexity index is 515. The number of halogens is 4. The molecule has 0 bridgehead atoms. The zero-order chi connectivity index (χ0) is 14.9. The molecular formula is C13H14ClF3N2O. The zero-order valence-electron chi connectivity index (χ0n) is 10.7. The molecule has 7 heteroatoms. The molecule has 1 aromatic carbocycles. The molecule has 20 heavy (non-hydrogen) atoms. The molecule has 1 unspecified atom stereocenters. The van der Waals surface area contributed by atoms with E-state index in [0.717, 1.165) is 25.0 Å². The maximum absolute atomic E-state index is 12.5. The Labute approximate surface area is 119 Å². The molecular weight excluding hydrogens is 293 g/mol. The van der Waals surface area contributed by atoms with Gasteiger partial charge in [-0.2, -0.15) is 13.2 Å². The smallest absolute Gasteiger partial charge is 0.373 e. The van der Waals surface area contributed by atoms with Crippen LogP contribution in [-0.4, -0.2) is 18.0 Å². The number of benzene rings is 1. The Morgan fingerprint density at radius 1 is 1.40 bits per heavy atom. The summed E-state index contributed by atoms with van der Waals surface area (Å²) in [5, 5.41) is 5.55. The van der Waals surface area contributed by atoms with Crippen LogP contribution in [0.15, 0.2) is 18.2 Å². The fraction of sp³-hybridized carbons (Fsp3) is 0.462. The van der Waals surface area contributed by atoms with Gasteiger partial charge in [-0.1, -0.05) is 11.6 Å². The maximum atomic E-state index is 12.5. The van der Waals surface area contributed by atoms with E-state index in [1.165, 1.54) is 6.07 Å². The molecule has 2 N–H and O–H groups in total. The number of carbonyl (C=O) groups excluding carboxylic acids is 1. The molecule has 1 aliphatic rings. The van der Waals surface area contributed by atoms with Crippen LogP contribution < -0.4 is 10.6 Å². The summed E-state index contributed by atoms with van der Waals surface area (Å²) in [7, 11) is 0. The minimum Gasteiger partial charge on any atom is -0.373 e. The van der Waals surface area contributed by atoms with Gasteiger partial charge in [-0.05, 0) is 38.0 Å². The van der Waals surface area contributed by atoms with E-state index < -0.39 is 17.8 Å². The molecule has 0 spiro atoms. The van der Waals surface area contributed by atoms with Gasteiger partial charge in [-0.15, -0.1) is 0 Å². The summed E-state index contributed by atoms with van der Waals surface area (Å²) in [6.07, 6.45) is -2.49. The van der Waals surface area contributed by atoms with Gasteiger partial charge in [0.25, 0.3) is 0 Å². The van der Waals surface area contributed by atoms with Crippen molar-refractivity contribution in [2.45, 2.75) is 38.0 Å². The predicted octanol–water partition coefficient (Wildman–Crippen LogP) is 3.44. The lowest BCUT2D eigenvalue weighted by molar-refractivity contribution is -0.137. The van der Waals surface area contributed by atoms with E-state index in [9.17, 15) is 18.0 Å². The summed E-state index contributed by atoms with van der Waals surface area (Å²) in [6.45, 7) is 1.63. The third-order valence-electron chi connectivity index (χ3n) is 2.99. The Morgan fingerprint density at radius 3 is 2.55 bits per heavy atom. The largest absolute Gasteiger partial charge is 0.416 e. The van der Waals surface area contributed by atoms with Crippen LogP contribution in [0.2, 0.25) is 5.02 Å². The molecule has 1 fully saturated rings. The fourth-order valence-corrected chi connectivity index (χ4v) is 1.90. The molecule has 0 aliphatic heterocycles. The van der Waals surface area contributed by atoms with Crippen molar-refractivity contribution < 1.29 is 18.0 Å². The third-order valence-corrected chi connectivity index (χ3v) is 3.30.